The molecule has 9 nitrogen and oxygen atoms in total. The third kappa shape index (κ3) is 5.14. The number of nitrogens with zero attached hydrogens (tertiary/aromatic N) is 2. The normalized spacial score (nSPS) is 31.5. The van der Waals surface area contributed by atoms with Crippen molar-refractivity contribution in [1.29, 1.82) is 0 Å². The summed E-state index contributed by atoms with van der Waals surface area (Å²) in [6.45, 7) is 2.18. The summed E-state index contributed by atoms with van der Waals surface area (Å²) in [6, 6.07) is 3.65. The van der Waals surface area contributed by atoms with Crippen LogP contribution in [0.5, 0.6) is 0 Å². The molecule has 3 fully saturated rings. The fourth-order valence-corrected chi connectivity index (χ4v) is 10.5. The molecule has 2 bridgehead atoms. The van der Waals surface area contributed by atoms with Crippen LogP contribution in [0.25, 0.3) is 0 Å². The third-order valence-electron chi connectivity index (χ3n) is 12.5. The highest BCUT2D eigenvalue weighted by Crippen LogP contribution is 2.71. The van der Waals surface area contributed by atoms with Gasteiger partial charge in [0.15, 0.2) is 0 Å². The lowest BCUT2D eigenvalue weighted by atomic mass is 9.43. The quantitative estimate of drug-likeness (QED) is 0.227. The molecule has 1 aromatic heterocycles. The minimum atomic E-state index is -0.827. The van der Waals surface area contributed by atoms with Crippen LogP contribution in [-0.4, -0.2) is 40.2 Å². The summed E-state index contributed by atoms with van der Waals surface area (Å²) in [5.74, 6) is 0.190. The molecule has 0 unspecified atom stereocenters. The third-order valence-corrected chi connectivity index (χ3v) is 12.5. The first-order valence-corrected chi connectivity index (χ1v) is 18.4. The number of allylic oxidation sites excluding steroid dienone is 4. The lowest BCUT2D eigenvalue weighted by Crippen LogP contribution is -2.53. The molecule has 2 saturated carbocycles. The van der Waals surface area contributed by atoms with Gasteiger partial charge >= 0.3 is 11.9 Å². The van der Waals surface area contributed by atoms with E-state index >= 15 is 0 Å². The van der Waals surface area contributed by atoms with Gasteiger partial charge in [0.1, 0.15) is 17.3 Å². The number of anilines is 1. The fourth-order valence-electron chi connectivity index (χ4n) is 10.5. The lowest BCUT2D eigenvalue weighted by molar-refractivity contribution is -0.137. The SMILES string of the molecule is CCC/C=C1\OC(=O)C2=C1CC[C@H]1[C@@H]3CC[C@@]4(C(=C3[C@H](CN3C(=O)C=CC3=O)c3ccnc(N)c3)C(=O)O/C4=C\CCC3CCCCC3)[C@@H]21. The maximum Gasteiger partial charge on any atom is 0.340 e. The van der Waals surface area contributed by atoms with E-state index in [1.165, 1.54) is 49.2 Å². The van der Waals surface area contributed by atoms with Crippen molar-refractivity contribution in [2.45, 2.75) is 96.3 Å². The molecule has 2 amide bonds. The minimum absolute atomic E-state index is 0.0540. The summed E-state index contributed by atoms with van der Waals surface area (Å²) in [5.41, 5.74) is 9.41. The molecule has 8 aliphatic rings. The smallest absolute Gasteiger partial charge is 0.340 e. The predicted molar refractivity (Wildman–Crippen MR) is 182 cm³/mol. The Balaban J connectivity index is 1.30. The van der Waals surface area contributed by atoms with Crippen molar-refractivity contribution in [1.82, 2.24) is 9.88 Å². The van der Waals surface area contributed by atoms with E-state index in [1.807, 2.05) is 12.1 Å². The summed E-state index contributed by atoms with van der Waals surface area (Å²) >= 11 is 0. The van der Waals surface area contributed by atoms with Gasteiger partial charge in [0.25, 0.3) is 11.8 Å². The molecule has 2 N–H and O–H groups in total. The molecular formula is C40H45N3O6. The summed E-state index contributed by atoms with van der Waals surface area (Å²) < 4.78 is 12.4. The summed E-state index contributed by atoms with van der Waals surface area (Å²) in [6.07, 6.45) is 21.4. The molecule has 0 aromatic carbocycles. The molecule has 49 heavy (non-hydrogen) atoms. The molecule has 3 aliphatic heterocycles. The van der Waals surface area contributed by atoms with Crippen LogP contribution in [0.3, 0.4) is 0 Å². The molecule has 5 atom stereocenters. The molecule has 0 radical (unpaired) electrons. The molecule has 5 aliphatic carbocycles. The Morgan fingerprint density at radius 3 is 2.55 bits per heavy atom. The molecule has 1 saturated heterocycles. The average Bonchev–Trinajstić information content (AvgIpc) is 3.72. The molecule has 4 heterocycles. The molecular weight excluding hydrogens is 618 g/mol. The average molecular weight is 664 g/mol. The van der Waals surface area contributed by atoms with Crippen LogP contribution in [0.2, 0.25) is 0 Å². The van der Waals surface area contributed by atoms with Crippen LogP contribution in [0.4, 0.5) is 5.82 Å². The first-order valence-electron chi connectivity index (χ1n) is 18.4. The molecule has 1 aromatic rings. The monoisotopic (exact) mass is 663 g/mol. The maximum atomic E-state index is 14.4. The standard InChI is InChI=1S/C40H45N3O6/c1-2-3-11-29-27-14-13-26-25-17-19-40(36(26)35(27)38(46)48-29)30(12-7-10-23-8-5-4-6-9-23)49-39(47)37(40)34(25)28(24-18-20-42-31(41)21-24)22-43-32(44)15-16-33(43)45/h11-12,15-16,18,20-21,23,25-26,28,36H,2-10,13-14,17,19,22H2,1H3,(H2,41,42)/b29-11-,30-12-/t25-,26-,28+,36+,40-/m0/s1. The summed E-state index contributed by atoms with van der Waals surface area (Å²) in [5, 5.41) is 0. The van der Waals surface area contributed by atoms with Crippen molar-refractivity contribution >= 4 is 29.6 Å². The highest BCUT2D eigenvalue weighted by Gasteiger charge is 2.69. The van der Waals surface area contributed by atoms with E-state index in [9.17, 15) is 19.2 Å². The maximum absolute atomic E-state index is 14.4. The van der Waals surface area contributed by atoms with Crippen molar-refractivity contribution in [3.63, 3.8) is 0 Å². The van der Waals surface area contributed by atoms with E-state index in [1.54, 1.807) is 12.3 Å². The van der Waals surface area contributed by atoms with Crippen molar-refractivity contribution < 1.29 is 28.7 Å². The van der Waals surface area contributed by atoms with Gasteiger partial charge in [-0.1, -0.05) is 45.4 Å². The van der Waals surface area contributed by atoms with E-state index in [0.717, 1.165) is 67.2 Å². The number of carbonyl (C=O) groups excluding carboxylic acids is 4. The number of unbranched alkanes of at least 4 members (excludes halogenated alkanes) is 1. The number of esters is 2. The highest BCUT2D eigenvalue weighted by atomic mass is 16.5. The number of carbonyl (C=O) groups is 4. The van der Waals surface area contributed by atoms with E-state index in [-0.39, 0.29) is 48.1 Å². The second-order valence-electron chi connectivity index (χ2n) is 15.0. The Labute approximate surface area is 287 Å². The van der Waals surface area contributed by atoms with Gasteiger partial charge in [-0.25, -0.2) is 14.6 Å². The number of hydrogen-bond donors (Lipinski definition) is 1. The van der Waals surface area contributed by atoms with Gasteiger partial charge in [0.05, 0.1) is 11.0 Å². The number of ether oxygens (including phenoxy) is 2. The van der Waals surface area contributed by atoms with E-state index in [4.69, 9.17) is 15.2 Å². The van der Waals surface area contributed by atoms with E-state index < -0.39 is 11.3 Å². The number of cyclic esters (lactones) is 2. The summed E-state index contributed by atoms with van der Waals surface area (Å²) in [4.78, 5) is 59.7. The van der Waals surface area contributed by atoms with Crippen LogP contribution >= 0.6 is 0 Å². The van der Waals surface area contributed by atoms with Crippen LogP contribution < -0.4 is 5.73 Å². The van der Waals surface area contributed by atoms with Gasteiger partial charge in [-0.15, -0.1) is 0 Å². The van der Waals surface area contributed by atoms with Crippen molar-refractivity contribution in [2.24, 2.45) is 29.1 Å². The van der Waals surface area contributed by atoms with Crippen LogP contribution in [0.1, 0.15) is 102 Å². The Morgan fingerprint density at radius 2 is 1.80 bits per heavy atom. The molecule has 9 rings (SSSR count). The zero-order chi connectivity index (χ0) is 33.9. The number of hydrogen-bond acceptors (Lipinski definition) is 8. The Morgan fingerprint density at radius 1 is 1.00 bits per heavy atom. The zero-order valence-electron chi connectivity index (χ0n) is 28.2. The first kappa shape index (κ1) is 32.0. The number of rotatable bonds is 9. The van der Waals surface area contributed by atoms with Crippen LogP contribution in [0, 0.1) is 29.1 Å². The van der Waals surface area contributed by atoms with Gasteiger partial charge in [-0.05, 0) is 98.1 Å². The minimum Gasteiger partial charge on any atom is -0.427 e. The number of amides is 2. The molecule has 9 heteroatoms. The van der Waals surface area contributed by atoms with E-state index in [0.29, 0.717) is 35.2 Å². The molecule has 256 valence electrons. The van der Waals surface area contributed by atoms with Gasteiger partial charge in [0.2, 0.25) is 0 Å². The first-order chi connectivity index (χ1) is 23.8. The topological polar surface area (TPSA) is 129 Å². The number of fused-ring (bicyclic) bond motifs is 1. The van der Waals surface area contributed by atoms with Crippen molar-refractivity contribution in [2.75, 3.05) is 12.3 Å². The number of nitrogen functional groups attached to an aromatic ring is 1. The fraction of sp³-hybridized carbons (Fsp3) is 0.525. The Hall–Kier alpha value is -4.27. The van der Waals surface area contributed by atoms with Crippen molar-refractivity contribution in [3.8, 4) is 0 Å². The predicted octanol–water partition coefficient (Wildman–Crippen LogP) is 6.74. The van der Waals surface area contributed by atoms with Gasteiger partial charge in [-0.3, -0.25) is 14.5 Å². The molecule has 1 spiro atoms. The number of nitrogens with two attached hydrogens (primary N) is 1. The van der Waals surface area contributed by atoms with E-state index in [2.05, 4.69) is 18.0 Å². The number of aromatic nitrogens is 1. The number of pyridine rings is 1. The van der Waals surface area contributed by atoms with Crippen molar-refractivity contribution in [3.05, 3.63) is 82.0 Å². The van der Waals surface area contributed by atoms with Crippen LogP contribution in [0.15, 0.2) is 76.4 Å². The second kappa shape index (κ2) is 12.6. The lowest BCUT2D eigenvalue weighted by Gasteiger charge is -2.57. The van der Waals surface area contributed by atoms with Crippen LogP contribution in [-0.2, 0) is 28.7 Å². The van der Waals surface area contributed by atoms with Gasteiger partial charge < -0.3 is 15.2 Å². The Bertz CT molecular complexity index is 1760. The van der Waals surface area contributed by atoms with Gasteiger partial charge in [-0.2, -0.15) is 0 Å². The summed E-state index contributed by atoms with van der Waals surface area (Å²) in [7, 11) is 0. The zero-order valence-corrected chi connectivity index (χ0v) is 28.2. The van der Waals surface area contributed by atoms with Gasteiger partial charge in [0, 0.05) is 47.9 Å². The Kier molecular flexibility index (Phi) is 8.19. The highest BCUT2D eigenvalue weighted by molar-refractivity contribution is 6.13. The number of imide groups is 1. The second-order valence-corrected chi connectivity index (χ2v) is 15.0. The largest absolute Gasteiger partial charge is 0.427 e.